The number of nitrogens with zero attached hydrogens (tertiary/aromatic N) is 2. The van der Waals surface area contributed by atoms with Crippen molar-refractivity contribution in [1.82, 2.24) is 9.80 Å². The largest absolute Gasteiger partial charge is 0.303 e. The van der Waals surface area contributed by atoms with Gasteiger partial charge in [0.2, 0.25) is 0 Å². The Morgan fingerprint density at radius 3 is 1.93 bits per heavy atom. The molecular formula is C25H45FN2. The first kappa shape index (κ1) is 21.1. The molecule has 0 unspecified atom stereocenters. The van der Waals surface area contributed by atoms with Gasteiger partial charge in [-0.1, -0.05) is 27.7 Å². The van der Waals surface area contributed by atoms with Crippen LogP contribution in [0, 0.1) is 28.6 Å². The molecule has 162 valence electrons. The van der Waals surface area contributed by atoms with Gasteiger partial charge in [0, 0.05) is 26.2 Å². The average Bonchev–Trinajstić information content (AvgIpc) is 3.33. The fourth-order valence-electron chi connectivity index (χ4n) is 6.84. The summed E-state index contributed by atoms with van der Waals surface area (Å²) in [6, 6.07) is 0. The zero-order valence-corrected chi connectivity index (χ0v) is 19.1. The molecule has 0 radical (unpaired) electrons. The van der Waals surface area contributed by atoms with E-state index in [9.17, 15) is 0 Å². The first-order chi connectivity index (χ1) is 13.2. The molecule has 4 fully saturated rings. The van der Waals surface area contributed by atoms with Crippen molar-refractivity contribution >= 4 is 0 Å². The molecule has 1 spiro atoms. The Hall–Kier alpha value is -0.150. The summed E-state index contributed by atoms with van der Waals surface area (Å²) in [5.74, 6) is 2.31. The monoisotopic (exact) mass is 392 g/mol. The number of hydrogen-bond acceptors (Lipinski definition) is 2. The number of halogens is 1. The van der Waals surface area contributed by atoms with Gasteiger partial charge in [-0.25, -0.2) is 4.39 Å². The SMILES string of the molecule is CC(C)CC1(CN2CCC3(CC2)CN(CC2(F)CCC(C(C)C)CC2)C3)CC1. The van der Waals surface area contributed by atoms with Crippen LogP contribution in [-0.2, 0) is 0 Å². The molecule has 2 aliphatic heterocycles. The molecule has 0 amide bonds. The van der Waals surface area contributed by atoms with Crippen molar-refractivity contribution in [3.8, 4) is 0 Å². The predicted molar refractivity (Wildman–Crippen MR) is 116 cm³/mol. The average molecular weight is 393 g/mol. The van der Waals surface area contributed by atoms with E-state index in [0.29, 0.717) is 17.4 Å². The van der Waals surface area contributed by atoms with E-state index in [2.05, 4.69) is 37.5 Å². The minimum atomic E-state index is -0.900. The van der Waals surface area contributed by atoms with Crippen molar-refractivity contribution in [3.63, 3.8) is 0 Å². The molecule has 0 aromatic heterocycles. The van der Waals surface area contributed by atoms with Crippen LogP contribution in [0.15, 0.2) is 0 Å². The normalized spacial score (nSPS) is 35.5. The standard InChI is InChI=1S/C25H45FN2/c1-20(2)15-23(9-10-23)16-27-13-11-24(12-14-27)17-28(18-24)19-25(26)7-5-22(6-8-25)21(3)4/h20-22H,5-19H2,1-4H3. The van der Waals surface area contributed by atoms with E-state index in [-0.39, 0.29) is 0 Å². The summed E-state index contributed by atoms with van der Waals surface area (Å²) in [5.41, 5.74) is 0.291. The third-order valence-electron chi connectivity index (χ3n) is 8.77. The van der Waals surface area contributed by atoms with Gasteiger partial charge in [-0.05, 0) is 99.5 Å². The molecule has 28 heavy (non-hydrogen) atoms. The molecule has 2 nitrogen and oxygen atoms in total. The van der Waals surface area contributed by atoms with Crippen molar-refractivity contribution in [2.45, 2.75) is 91.2 Å². The van der Waals surface area contributed by atoms with Gasteiger partial charge in [0.25, 0.3) is 0 Å². The molecule has 2 saturated heterocycles. The summed E-state index contributed by atoms with van der Waals surface area (Å²) < 4.78 is 15.3. The molecule has 2 aliphatic carbocycles. The van der Waals surface area contributed by atoms with E-state index < -0.39 is 5.67 Å². The van der Waals surface area contributed by atoms with E-state index in [1.54, 1.807) is 0 Å². The smallest absolute Gasteiger partial charge is 0.123 e. The highest BCUT2D eigenvalue weighted by Crippen LogP contribution is 2.52. The first-order valence-corrected chi connectivity index (χ1v) is 12.3. The van der Waals surface area contributed by atoms with Crippen molar-refractivity contribution in [2.75, 3.05) is 39.3 Å². The summed E-state index contributed by atoms with van der Waals surface area (Å²) in [6.45, 7) is 16.3. The summed E-state index contributed by atoms with van der Waals surface area (Å²) in [7, 11) is 0. The summed E-state index contributed by atoms with van der Waals surface area (Å²) in [4.78, 5) is 5.21. The van der Waals surface area contributed by atoms with Gasteiger partial charge in [-0.2, -0.15) is 0 Å². The lowest BCUT2D eigenvalue weighted by atomic mass is 9.70. The lowest BCUT2D eigenvalue weighted by Crippen LogP contribution is -2.63. The molecule has 0 aromatic carbocycles. The second-order valence-electron chi connectivity index (χ2n) is 12.3. The minimum Gasteiger partial charge on any atom is -0.303 e. The predicted octanol–water partition coefficient (Wildman–Crippen LogP) is 5.77. The highest BCUT2D eigenvalue weighted by atomic mass is 19.1. The lowest BCUT2D eigenvalue weighted by Gasteiger charge is -2.56. The van der Waals surface area contributed by atoms with Gasteiger partial charge in [-0.3, -0.25) is 4.90 Å². The summed E-state index contributed by atoms with van der Waals surface area (Å²) in [5, 5.41) is 0. The van der Waals surface area contributed by atoms with Gasteiger partial charge in [-0.15, -0.1) is 0 Å². The van der Waals surface area contributed by atoms with E-state index in [0.717, 1.165) is 56.5 Å². The molecule has 0 atom stereocenters. The van der Waals surface area contributed by atoms with Crippen LogP contribution in [0.25, 0.3) is 0 Å². The Balaban J connectivity index is 1.18. The van der Waals surface area contributed by atoms with Crippen molar-refractivity contribution in [1.29, 1.82) is 0 Å². The minimum absolute atomic E-state index is 0.525. The Morgan fingerprint density at radius 2 is 1.43 bits per heavy atom. The summed E-state index contributed by atoms with van der Waals surface area (Å²) >= 11 is 0. The second kappa shape index (κ2) is 7.84. The summed E-state index contributed by atoms with van der Waals surface area (Å²) in [6.07, 6.45) is 10.8. The Labute approximate surface area is 173 Å². The maximum atomic E-state index is 15.3. The molecule has 2 saturated carbocycles. The number of hydrogen-bond donors (Lipinski definition) is 0. The van der Waals surface area contributed by atoms with Crippen LogP contribution < -0.4 is 0 Å². The molecule has 2 heterocycles. The molecular weight excluding hydrogens is 347 g/mol. The maximum Gasteiger partial charge on any atom is 0.123 e. The highest BCUT2D eigenvalue weighted by molar-refractivity contribution is 5.03. The fraction of sp³-hybridized carbons (Fsp3) is 1.00. The fourth-order valence-corrected chi connectivity index (χ4v) is 6.84. The van der Waals surface area contributed by atoms with Crippen LogP contribution in [-0.4, -0.2) is 54.7 Å². The van der Waals surface area contributed by atoms with Crippen LogP contribution in [0.5, 0.6) is 0 Å². The van der Waals surface area contributed by atoms with Crippen molar-refractivity contribution in [3.05, 3.63) is 0 Å². The molecule has 0 N–H and O–H groups in total. The van der Waals surface area contributed by atoms with Crippen LogP contribution in [0.4, 0.5) is 4.39 Å². The molecule has 0 aromatic rings. The highest BCUT2D eigenvalue weighted by Gasteiger charge is 2.50. The molecule has 4 aliphatic rings. The lowest BCUT2D eigenvalue weighted by molar-refractivity contribution is -0.0815. The number of rotatable bonds is 7. The quantitative estimate of drug-likeness (QED) is 0.543. The van der Waals surface area contributed by atoms with Crippen LogP contribution in [0.1, 0.15) is 85.5 Å². The van der Waals surface area contributed by atoms with E-state index >= 15 is 4.39 Å². The number of piperidine rings is 1. The Morgan fingerprint density at radius 1 is 0.821 bits per heavy atom. The van der Waals surface area contributed by atoms with Crippen molar-refractivity contribution in [2.24, 2.45) is 28.6 Å². The van der Waals surface area contributed by atoms with E-state index in [1.807, 2.05) is 0 Å². The van der Waals surface area contributed by atoms with Gasteiger partial charge >= 0.3 is 0 Å². The Bertz CT molecular complexity index is 515. The topological polar surface area (TPSA) is 6.48 Å². The Kier molecular flexibility index (Phi) is 5.90. The zero-order valence-electron chi connectivity index (χ0n) is 19.1. The third kappa shape index (κ3) is 4.77. The first-order valence-electron chi connectivity index (χ1n) is 12.3. The maximum absolute atomic E-state index is 15.3. The van der Waals surface area contributed by atoms with Crippen molar-refractivity contribution < 1.29 is 4.39 Å². The van der Waals surface area contributed by atoms with Gasteiger partial charge < -0.3 is 4.90 Å². The zero-order chi connectivity index (χ0) is 20.0. The van der Waals surface area contributed by atoms with Gasteiger partial charge in [0.15, 0.2) is 0 Å². The molecule has 4 rings (SSSR count). The number of likely N-dealkylation sites (tertiary alicyclic amines) is 2. The van der Waals surface area contributed by atoms with Gasteiger partial charge in [0.1, 0.15) is 5.67 Å². The van der Waals surface area contributed by atoms with Crippen LogP contribution >= 0.6 is 0 Å². The van der Waals surface area contributed by atoms with E-state index in [4.69, 9.17) is 0 Å². The molecule has 3 heteroatoms. The van der Waals surface area contributed by atoms with Crippen LogP contribution in [0.3, 0.4) is 0 Å². The second-order valence-corrected chi connectivity index (χ2v) is 12.3. The van der Waals surface area contributed by atoms with E-state index in [1.165, 1.54) is 51.7 Å². The number of alkyl halides is 1. The third-order valence-corrected chi connectivity index (χ3v) is 8.77. The van der Waals surface area contributed by atoms with Crippen LogP contribution in [0.2, 0.25) is 0 Å². The molecule has 0 bridgehead atoms. The van der Waals surface area contributed by atoms with Gasteiger partial charge in [0.05, 0.1) is 0 Å².